The van der Waals surface area contributed by atoms with Gasteiger partial charge in [-0.3, -0.25) is 4.90 Å². The summed E-state index contributed by atoms with van der Waals surface area (Å²) in [6.45, 7) is 10.8. The molecule has 18 heavy (non-hydrogen) atoms. The SMILES string of the molecule is Cc1cc(N2CCN(C3CNC3)CC2)nc(C)n1. The minimum Gasteiger partial charge on any atom is -0.354 e. The van der Waals surface area contributed by atoms with Gasteiger partial charge in [-0.05, 0) is 13.8 Å². The number of nitrogens with one attached hydrogen (secondary N) is 1. The fraction of sp³-hybridized carbons (Fsp3) is 0.692. The van der Waals surface area contributed by atoms with E-state index in [1.165, 1.54) is 0 Å². The average molecular weight is 247 g/mol. The Hall–Kier alpha value is -1.20. The van der Waals surface area contributed by atoms with E-state index < -0.39 is 0 Å². The minimum absolute atomic E-state index is 0.765. The first kappa shape index (κ1) is 11.9. The fourth-order valence-corrected chi connectivity index (χ4v) is 2.71. The van der Waals surface area contributed by atoms with Crippen LogP contribution < -0.4 is 10.2 Å². The summed E-state index contributed by atoms with van der Waals surface area (Å²) in [6, 6.07) is 2.86. The summed E-state index contributed by atoms with van der Waals surface area (Å²) < 4.78 is 0. The van der Waals surface area contributed by atoms with Crippen molar-refractivity contribution in [3.63, 3.8) is 0 Å². The second-order valence-electron chi connectivity index (χ2n) is 5.25. The van der Waals surface area contributed by atoms with Crippen LogP contribution in [-0.4, -0.2) is 60.2 Å². The molecule has 1 aromatic heterocycles. The highest BCUT2D eigenvalue weighted by Gasteiger charge is 2.28. The van der Waals surface area contributed by atoms with Crippen molar-refractivity contribution in [3.05, 3.63) is 17.6 Å². The van der Waals surface area contributed by atoms with Crippen molar-refractivity contribution in [1.82, 2.24) is 20.2 Å². The van der Waals surface area contributed by atoms with Gasteiger partial charge in [-0.15, -0.1) is 0 Å². The molecule has 0 bridgehead atoms. The third-order valence-electron chi connectivity index (χ3n) is 3.87. The monoisotopic (exact) mass is 247 g/mol. The van der Waals surface area contributed by atoms with Gasteiger partial charge in [0.15, 0.2) is 0 Å². The number of piperazine rings is 1. The molecule has 2 fully saturated rings. The van der Waals surface area contributed by atoms with Crippen LogP contribution in [0.15, 0.2) is 6.07 Å². The molecule has 2 saturated heterocycles. The average Bonchev–Trinajstić information content (AvgIpc) is 2.26. The van der Waals surface area contributed by atoms with Crippen molar-refractivity contribution in [2.24, 2.45) is 0 Å². The molecule has 1 N–H and O–H groups in total. The van der Waals surface area contributed by atoms with Crippen molar-refractivity contribution in [2.45, 2.75) is 19.9 Å². The largest absolute Gasteiger partial charge is 0.354 e. The lowest BCUT2D eigenvalue weighted by Gasteiger charge is -2.43. The molecule has 0 aliphatic carbocycles. The van der Waals surface area contributed by atoms with Gasteiger partial charge < -0.3 is 10.2 Å². The first-order valence-corrected chi connectivity index (χ1v) is 6.74. The predicted octanol–water partition coefficient (Wildman–Crippen LogP) is 0.187. The summed E-state index contributed by atoms with van der Waals surface area (Å²) >= 11 is 0. The molecule has 0 saturated carbocycles. The fourth-order valence-electron chi connectivity index (χ4n) is 2.71. The quantitative estimate of drug-likeness (QED) is 0.808. The van der Waals surface area contributed by atoms with Crippen LogP contribution in [0.3, 0.4) is 0 Å². The second-order valence-corrected chi connectivity index (χ2v) is 5.25. The van der Waals surface area contributed by atoms with E-state index in [9.17, 15) is 0 Å². The number of anilines is 1. The Labute approximate surface area is 108 Å². The van der Waals surface area contributed by atoms with Crippen LogP contribution in [0.25, 0.3) is 0 Å². The van der Waals surface area contributed by atoms with E-state index in [0.29, 0.717) is 0 Å². The van der Waals surface area contributed by atoms with Crippen molar-refractivity contribution >= 4 is 5.82 Å². The van der Waals surface area contributed by atoms with Crippen LogP contribution in [0.5, 0.6) is 0 Å². The molecule has 0 spiro atoms. The van der Waals surface area contributed by atoms with Gasteiger partial charge in [0.2, 0.25) is 0 Å². The van der Waals surface area contributed by atoms with Crippen LogP contribution in [0.4, 0.5) is 5.82 Å². The van der Waals surface area contributed by atoms with Crippen LogP contribution in [0.1, 0.15) is 11.5 Å². The van der Waals surface area contributed by atoms with Gasteiger partial charge in [0, 0.05) is 57.1 Å². The first-order chi connectivity index (χ1) is 8.72. The lowest BCUT2D eigenvalue weighted by atomic mass is 10.1. The van der Waals surface area contributed by atoms with Gasteiger partial charge in [0.25, 0.3) is 0 Å². The Morgan fingerprint density at radius 1 is 1.11 bits per heavy atom. The Morgan fingerprint density at radius 3 is 2.39 bits per heavy atom. The smallest absolute Gasteiger partial charge is 0.132 e. The Kier molecular flexibility index (Phi) is 3.18. The van der Waals surface area contributed by atoms with E-state index in [-0.39, 0.29) is 0 Å². The summed E-state index contributed by atoms with van der Waals surface area (Å²) in [4.78, 5) is 13.9. The molecule has 1 aromatic rings. The molecular weight excluding hydrogens is 226 g/mol. The van der Waals surface area contributed by atoms with Gasteiger partial charge in [0.1, 0.15) is 11.6 Å². The van der Waals surface area contributed by atoms with E-state index in [4.69, 9.17) is 0 Å². The highest BCUT2D eigenvalue weighted by Crippen LogP contribution is 2.16. The lowest BCUT2D eigenvalue weighted by molar-refractivity contribution is 0.137. The Balaban J connectivity index is 1.64. The summed E-state index contributed by atoms with van der Waals surface area (Å²) in [5, 5.41) is 3.34. The third-order valence-corrected chi connectivity index (χ3v) is 3.87. The van der Waals surface area contributed by atoms with Gasteiger partial charge in [-0.25, -0.2) is 9.97 Å². The number of rotatable bonds is 2. The normalized spacial score (nSPS) is 22.0. The molecule has 3 heterocycles. The van der Waals surface area contributed by atoms with E-state index in [1.807, 2.05) is 13.8 Å². The van der Waals surface area contributed by atoms with Crippen LogP contribution >= 0.6 is 0 Å². The molecule has 2 aliphatic heterocycles. The van der Waals surface area contributed by atoms with Gasteiger partial charge in [-0.2, -0.15) is 0 Å². The molecule has 5 heteroatoms. The van der Waals surface area contributed by atoms with Crippen LogP contribution in [0.2, 0.25) is 0 Å². The van der Waals surface area contributed by atoms with Crippen LogP contribution in [0, 0.1) is 13.8 Å². The number of aromatic nitrogens is 2. The Morgan fingerprint density at radius 2 is 1.83 bits per heavy atom. The van der Waals surface area contributed by atoms with Gasteiger partial charge in [-0.1, -0.05) is 0 Å². The molecule has 2 aliphatic rings. The molecule has 5 nitrogen and oxygen atoms in total. The van der Waals surface area contributed by atoms with E-state index in [1.54, 1.807) is 0 Å². The minimum atomic E-state index is 0.765. The molecule has 0 unspecified atom stereocenters. The summed E-state index contributed by atoms with van der Waals surface area (Å²) in [7, 11) is 0. The number of hydrogen-bond donors (Lipinski definition) is 1. The molecule has 0 radical (unpaired) electrons. The van der Waals surface area contributed by atoms with Crippen molar-refractivity contribution in [3.8, 4) is 0 Å². The molecule has 0 amide bonds. The first-order valence-electron chi connectivity index (χ1n) is 6.74. The van der Waals surface area contributed by atoms with E-state index in [2.05, 4.69) is 31.2 Å². The molecule has 98 valence electrons. The third kappa shape index (κ3) is 2.33. The van der Waals surface area contributed by atoms with E-state index in [0.717, 1.165) is 62.6 Å². The molecule has 0 atom stereocenters. The summed E-state index contributed by atoms with van der Waals surface area (Å²) in [5.74, 6) is 1.96. The maximum absolute atomic E-state index is 4.55. The zero-order valence-corrected chi connectivity index (χ0v) is 11.2. The highest BCUT2D eigenvalue weighted by atomic mass is 15.3. The zero-order chi connectivity index (χ0) is 12.5. The maximum atomic E-state index is 4.55. The Bertz CT molecular complexity index is 401. The van der Waals surface area contributed by atoms with Crippen molar-refractivity contribution < 1.29 is 0 Å². The number of aryl methyl sites for hydroxylation is 2. The summed E-state index contributed by atoms with van der Waals surface area (Å²) in [5.41, 5.74) is 1.06. The maximum Gasteiger partial charge on any atom is 0.132 e. The van der Waals surface area contributed by atoms with Crippen molar-refractivity contribution in [2.75, 3.05) is 44.2 Å². The van der Waals surface area contributed by atoms with Crippen molar-refractivity contribution in [1.29, 1.82) is 0 Å². The topological polar surface area (TPSA) is 44.3 Å². The van der Waals surface area contributed by atoms with Gasteiger partial charge >= 0.3 is 0 Å². The molecular formula is C13H21N5. The van der Waals surface area contributed by atoms with Crippen LogP contribution in [-0.2, 0) is 0 Å². The lowest BCUT2D eigenvalue weighted by Crippen LogP contribution is -2.61. The predicted molar refractivity (Wildman–Crippen MR) is 71.9 cm³/mol. The number of hydrogen-bond acceptors (Lipinski definition) is 5. The second kappa shape index (κ2) is 4.82. The standard InChI is InChI=1S/C13H21N5/c1-10-7-13(16-11(2)15-10)18-5-3-17(4-6-18)12-8-14-9-12/h7,12,14H,3-6,8-9H2,1-2H3. The highest BCUT2D eigenvalue weighted by molar-refractivity contribution is 5.40. The molecule has 3 rings (SSSR count). The van der Waals surface area contributed by atoms with Gasteiger partial charge in [0.05, 0.1) is 0 Å². The zero-order valence-electron chi connectivity index (χ0n) is 11.2. The summed E-state index contributed by atoms with van der Waals surface area (Å²) in [6.07, 6.45) is 0. The van der Waals surface area contributed by atoms with E-state index >= 15 is 0 Å². The number of nitrogens with zero attached hydrogens (tertiary/aromatic N) is 4. The molecule has 0 aromatic carbocycles.